The molecule has 0 aromatic carbocycles. The van der Waals surface area contributed by atoms with Gasteiger partial charge in [-0.1, -0.05) is 6.07 Å². The standard InChI is InChI=1S/C12H17N5O2S/c1-9(18)4-2-6-13-11(19)8-17-15-12(14-16-17)10-5-3-7-20-10/h3,5,7,9,18H,2,4,6,8H2,1H3,(H,13,19). The molecular weight excluding hydrogens is 278 g/mol. The van der Waals surface area contributed by atoms with Crippen LogP contribution >= 0.6 is 11.3 Å². The summed E-state index contributed by atoms with van der Waals surface area (Å²) in [7, 11) is 0. The van der Waals surface area contributed by atoms with Crippen LogP contribution in [0.3, 0.4) is 0 Å². The fourth-order valence-corrected chi connectivity index (χ4v) is 2.27. The van der Waals surface area contributed by atoms with Crippen LogP contribution in [0, 0.1) is 0 Å². The maximum atomic E-state index is 11.7. The van der Waals surface area contributed by atoms with Crippen LogP contribution in [0.1, 0.15) is 19.8 Å². The minimum absolute atomic E-state index is 0.0487. The molecule has 0 spiro atoms. The molecule has 0 aliphatic rings. The summed E-state index contributed by atoms with van der Waals surface area (Å²) < 4.78 is 0. The average molecular weight is 295 g/mol. The summed E-state index contributed by atoms with van der Waals surface area (Å²) in [6.45, 7) is 2.32. The van der Waals surface area contributed by atoms with Gasteiger partial charge in [0.2, 0.25) is 11.7 Å². The number of hydrogen-bond donors (Lipinski definition) is 2. The van der Waals surface area contributed by atoms with Crippen molar-refractivity contribution in [3.63, 3.8) is 0 Å². The Balaban J connectivity index is 1.77. The van der Waals surface area contributed by atoms with Crippen LogP contribution in [0.25, 0.3) is 10.7 Å². The van der Waals surface area contributed by atoms with Crippen molar-refractivity contribution in [2.24, 2.45) is 0 Å². The van der Waals surface area contributed by atoms with E-state index in [-0.39, 0.29) is 18.6 Å². The third-order valence-electron chi connectivity index (χ3n) is 2.60. The van der Waals surface area contributed by atoms with Gasteiger partial charge in [0.15, 0.2) is 0 Å². The monoisotopic (exact) mass is 295 g/mol. The molecule has 108 valence electrons. The lowest BCUT2D eigenvalue weighted by molar-refractivity contribution is -0.122. The molecule has 7 nitrogen and oxygen atoms in total. The summed E-state index contributed by atoms with van der Waals surface area (Å²) in [6.07, 6.45) is 1.08. The van der Waals surface area contributed by atoms with Crippen molar-refractivity contribution in [1.29, 1.82) is 0 Å². The van der Waals surface area contributed by atoms with E-state index in [1.807, 2.05) is 17.5 Å². The van der Waals surface area contributed by atoms with Crippen LogP contribution in [-0.4, -0.2) is 43.9 Å². The van der Waals surface area contributed by atoms with E-state index in [0.29, 0.717) is 18.8 Å². The first-order valence-corrected chi connectivity index (χ1v) is 7.29. The summed E-state index contributed by atoms with van der Waals surface area (Å²) in [5, 5.41) is 25.7. The van der Waals surface area contributed by atoms with Crippen LogP contribution < -0.4 is 5.32 Å². The molecule has 0 saturated carbocycles. The summed E-state index contributed by atoms with van der Waals surface area (Å²) in [5.41, 5.74) is 0. The van der Waals surface area contributed by atoms with Gasteiger partial charge in [-0.25, -0.2) is 0 Å². The van der Waals surface area contributed by atoms with Crippen molar-refractivity contribution in [2.45, 2.75) is 32.4 Å². The molecule has 0 saturated heterocycles. The highest BCUT2D eigenvalue weighted by atomic mass is 32.1. The number of thiophene rings is 1. The summed E-state index contributed by atoms with van der Waals surface area (Å²) >= 11 is 1.53. The molecule has 2 aromatic heterocycles. The maximum absolute atomic E-state index is 11.7. The Kier molecular flexibility index (Phi) is 5.19. The van der Waals surface area contributed by atoms with Crippen LogP contribution in [0.5, 0.6) is 0 Å². The highest BCUT2D eigenvalue weighted by Gasteiger charge is 2.09. The van der Waals surface area contributed by atoms with E-state index in [0.717, 1.165) is 11.3 Å². The zero-order chi connectivity index (χ0) is 14.4. The van der Waals surface area contributed by atoms with Gasteiger partial charge in [0.25, 0.3) is 0 Å². The Morgan fingerprint density at radius 1 is 1.60 bits per heavy atom. The molecule has 1 atom stereocenters. The largest absolute Gasteiger partial charge is 0.393 e. The van der Waals surface area contributed by atoms with Crippen molar-refractivity contribution in [3.8, 4) is 10.7 Å². The van der Waals surface area contributed by atoms with Crippen LogP contribution in [-0.2, 0) is 11.3 Å². The van der Waals surface area contributed by atoms with E-state index in [2.05, 4.69) is 20.7 Å². The lowest BCUT2D eigenvalue weighted by Gasteiger charge is -2.05. The van der Waals surface area contributed by atoms with Gasteiger partial charge >= 0.3 is 0 Å². The molecule has 0 radical (unpaired) electrons. The Labute approximate surface area is 120 Å². The predicted octanol–water partition coefficient (Wildman–Crippen LogP) is 0.679. The molecule has 0 bridgehead atoms. The number of tetrazole rings is 1. The van der Waals surface area contributed by atoms with Gasteiger partial charge in [-0.15, -0.1) is 21.5 Å². The van der Waals surface area contributed by atoms with Gasteiger partial charge in [-0.2, -0.15) is 4.80 Å². The lowest BCUT2D eigenvalue weighted by atomic mass is 10.2. The van der Waals surface area contributed by atoms with Gasteiger partial charge in [-0.3, -0.25) is 4.79 Å². The van der Waals surface area contributed by atoms with Crippen molar-refractivity contribution < 1.29 is 9.90 Å². The van der Waals surface area contributed by atoms with E-state index in [9.17, 15) is 4.79 Å². The third-order valence-corrected chi connectivity index (χ3v) is 3.47. The number of aliphatic hydroxyl groups excluding tert-OH is 1. The number of aromatic nitrogens is 4. The fraction of sp³-hybridized carbons (Fsp3) is 0.500. The topological polar surface area (TPSA) is 92.9 Å². The van der Waals surface area contributed by atoms with E-state index < -0.39 is 0 Å². The number of hydrogen-bond acceptors (Lipinski definition) is 6. The average Bonchev–Trinajstić information content (AvgIpc) is 3.04. The number of aliphatic hydroxyl groups is 1. The highest BCUT2D eigenvalue weighted by molar-refractivity contribution is 7.13. The molecule has 2 rings (SSSR count). The zero-order valence-corrected chi connectivity index (χ0v) is 12.0. The smallest absolute Gasteiger partial charge is 0.243 e. The number of amides is 1. The van der Waals surface area contributed by atoms with Gasteiger partial charge in [-0.05, 0) is 36.4 Å². The van der Waals surface area contributed by atoms with E-state index >= 15 is 0 Å². The molecule has 20 heavy (non-hydrogen) atoms. The van der Waals surface area contributed by atoms with E-state index in [1.54, 1.807) is 6.92 Å². The Bertz CT molecular complexity index is 538. The lowest BCUT2D eigenvalue weighted by Crippen LogP contribution is -2.29. The first-order chi connectivity index (χ1) is 9.65. The van der Waals surface area contributed by atoms with E-state index in [4.69, 9.17) is 5.11 Å². The molecule has 0 aliphatic heterocycles. The molecule has 8 heteroatoms. The first kappa shape index (κ1) is 14.6. The van der Waals surface area contributed by atoms with Crippen molar-refractivity contribution in [1.82, 2.24) is 25.5 Å². The van der Waals surface area contributed by atoms with Crippen LogP contribution in [0.2, 0.25) is 0 Å². The summed E-state index contributed by atoms with van der Waals surface area (Å²) in [4.78, 5) is 13.9. The normalized spacial score (nSPS) is 12.3. The molecule has 2 aromatic rings. The summed E-state index contributed by atoms with van der Waals surface area (Å²) in [6, 6.07) is 3.82. The Hall–Kier alpha value is -1.80. The number of carbonyl (C=O) groups is 1. The molecule has 2 heterocycles. The molecule has 2 N–H and O–H groups in total. The second kappa shape index (κ2) is 7.11. The minimum Gasteiger partial charge on any atom is -0.393 e. The molecule has 1 unspecified atom stereocenters. The molecular formula is C12H17N5O2S. The van der Waals surface area contributed by atoms with Crippen molar-refractivity contribution in [2.75, 3.05) is 6.54 Å². The molecule has 0 fully saturated rings. The number of nitrogens with zero attached hydrogens (tertiary/aromatic N) is 4. The Morgan fingerprint density at radius 3 is 3.15 bits per heavy atom. The Morgan fingerprint density at radius 2 is 2.45 bits per heavy atom. The van der Waals surface area contributed by atoms with Gasteiger partial charge < -0.3 is 10.4 Å². The van der Waals surface area contributed by atoms with Gasteiger partial charge in [0.1, 0.15) is 6.54 Å². The van der Waals surface area contributed by atoms with Crippen LogP contribution in [0.4, 0.5) is 0 Å². The molecule has 0 aliphatic carbocycles. The highest BCUT2D eigenvalue weighted by Crippen LogP contribution is 2.19. The first-order valence-electron chi connectivity index (χ1n) is 6.41. The minimum atomic E-state index is -0.336. The SMILES string of the molecule is CC(O)CCCNC(=O)Cn1nnc(-c2cccs2)n1. The zero-order valence-electron chi connectivity index (χ0n) is 11.2. The fourth-order valence-electron chi connectivity index (χ4n) is 1.62. The number of rotatable bonds is 7. The summed E-state index contributed by atoms with van der Waals surface area (Å²) in [5.74, 6) is 0.368. The van der Waals surface area contributed by atoms with E-state index in [1.165, 1.54) is 16.1 Å². The predicted molar refractivity (Wildman–Crippen MR) is 75.1 cm³/mol. The second-order valence-electron chi connectivity index (χ2n) is 4.46. The van der Waals surface area contributed by atoms with Crippen molar-refractivity contribution >= 4 is 17.2 Å². The van der Waals surface area contributed by atoms with Crippen molar-refractivity contribution in [3.05, 3.63) is 17.5 Å². The number of nitrogens with one attached hydrogen (secondary N) is 1. The third kappa shape index (κ3) is 4.39. The quantitative estimate of drug-likeness (QED) is 0.733. The maximum Gasteiger partial charge on any atom is 0.243 e. The second-order valence-corrected chi connectivity index (χ2v) is 5.41. The molecule has 1 amide bonds. The number of carbonyl (C=O) groups excluding carboxylic acids is 1. The van der Waals surface area contributed by atoms with Gasteiger partial charge in [0, 0.05) is 6.54 Å². The van der Waals surface area contributed by atoms with Crippen LogP contribution in [0.15, 0.2) is 17.5 Å². The van der Waals surface area contributed by atoms with Gasteiger partial charge in [0.05, 0.1) is 11.0 Å².